The number of nitrogens with one attached hydrogen (secondary N) is 2. The molecule has 2 heterocycles. The lowest BCUT2D eigenvalue weighted by Gasteiger charge is -2.30. The number of nitrogens with zero attached hydrogens (tertiary/aromatic N) is 1. The van der Waals surface area contributed by atoms with Gasteiger partial charge >= 0.3 is 0 Å². The maximum absolute atomic E-state index is 14.0. The topological polar surface area (TPSA) is 88.0 Å². The number of rotatable bonds is 8. The third kappa shape index (κ3) is 5.73. The van der Waals surface area contributed by atoms with Crippen LogP contribution in [0.3, 0.4) is 0 Å². The first-order valence-electron chi connectivity index (χ1n) is 13.4. The van der Waals surface area contributed by atoms with E-state index in [9.17, 15) is 9.59 Å². The summed E-state index contributed by atoms with van der Waals surface area (Å²) in [4.78, 5) is 34.6. The van der Waals surface area contributed by atoms with Crippen molar-refractivity contribution in [2.75, 3.05) is 0 Å². The first kappa shape index (κ1) is 27.4. The summed E-state index contributed by atoms with van der Waals surface area (Å²) >= 11 is 6.30. The summed E-state index contributed by atoms with van der Waals surface area (Å²) in [5.41, 5.74) is 4.69. The molecule has 2 N–H and O–H groups in total. The largest absolute Gasteiger partial charge is 0.460 e. The number of halogens is 1. The number of fused-ring (bicyclic) bond motifs is 1. The van der Waals surface area contributed by atoms with Crippen LogP contribution in [0.1, 0.15) is 60.9 Å². The highest BCUT2D eigenvalue weighted by Gasteiger charge is 2.35. The minimum Gasteiger partial charge on any atom is -0.460 e. The number of aromatic nitrogens is 2. The van der Waals surface area contributed by atoms with Gasteiger partial charge in [0.25, 0.3) is 0 Å². The smallest absolute Gasteiger partial charge is 0.217 e. The van der Waals surface area contributed by atoms with Crippen LogP contribution in [-0.2, 0) is 11.2 Å². The lowest BCUT2D eigenvalue weighted by atomic mass is 9.81. The predicted molar refractivity (Wildman–Crippen MR) is 160 cm³/mol. The zero-order chi connectivity index (χ0) is 28.4. The molecule has 0 fully saturated rings. The molecule has 0 radical (unpaired) electrons. The normalized spacial score (nSPS) is 12.9. The molecular formula is C33H32ClN3O3. The monoisotopic (exact) mass is 553 g/mol. The molecular weight excluding hydrogens is 522 g/mol. The van der Waals surface area contributed by atoms with Gasteiger partial charge < -0.3 is 14.7 Å². The average molecular weight is 554 g/mol. The van der Waals surface area contributed by atoms with E-state index in [1.54, 1.807) is 24.4 Å². The Balaban J connectivity index is 1.69. The Kier molecular flexibility index (Phi) is 7.90. The summed E-state index contributed by atoms with van der Waals surface area (Å²) in [6.07, 6.45) is 2.14. The molecule has 5 rings (SSSR count). The number of hydrogen-bond donors (Lipinski definition) is 2. The molecule has 0 aliphatic rings. The van der Waals surface area contributed by atoms with Crippen LogP contribution >= 0.6 is 11.6 Å². The Hall–Kier alpha value is -4.16. The van der Waals surface area contributed by atoms with Gasteiger partial charge in [-0.25, -0.2) is 4.98 Å². The van der Waals surface area contributed by atoms with E-state index in [0.29, 0.717) is 39.6 Å². The summed E-state index contributed by atoms with van der Waals surface area (Å²) in [5, 5.41) is 4.07. The molecule has 7 heteroatoms. The van der Waals surface area contributed by atoms with Crippen LogP contribution in [-0.4, -0.2) is 15.9 Å². The van der Waals surface area contributed by atoms with Gasteiger partial charge in [-0.2, -0.15) is 0 Å². The summed E-state index contributed by atoms with van der Waals surface area (Å²) in [5.74, 6) is 0.633. The lowest BCUT2D eigenvalue weighted by molar-refractivity contribution is -0.120. The number of hydrogen-bond acceptors (Lipinski definition) is 4. The van der Waals surface area contributed by atoms with E-state index in [4.69, 9.17) is 16.0 Å². The minimum atomic E-state index is -0.529. The standard InChI is InChI=1S/C33H32ClN3O3/c1-19(2)29(30(36-21(4)38)27-18-35-33(37-27)23-12-10-20(3)11-13-23)32-26(16-22-8-6-5-7-9-22)31(39)25-15-14-24(34)17-28(25)40-32/h5-15,17-19,29-30H,16H2,1-4H3,(H,35,37)(H,36,38). The summed E-state index contributed by atoms with van der Waals surface area (Å²) in [6.45, 7) is 7.65. The molecule has 1 amide bonds. The molecule has 0 saturated carbocycles. The molecule has 0 aliphatic carbocycles. The molecule has 2 aromatic heterocycles. The van der Waals surface area contributed by atoms with Gasteiger partial charge in [0, 0.05) is 41.5 Å². The van der Waals surface area contributed by atoms with Crippen molar-refractivity contribution >= 4 is 28.5 Å². The van der Waals surface area contributed by atoms with Gasteiger partial charge in [0.1, 0.15) is 17.2 Å². The van der Waals surface area contributed by atoms with E-state index < -0.39 is 6.04 Å². The molecule has 0 bridgehead atoms. The second-order valence-electron chi connectivity index (χ2n) is 10.6. The lowest BCUT2D eigenvalue weighted by Crippen LogP contribution is -2.34. The maximum Gasteiger partial charge on any atom is 0.217 e. The van der Waals surface area contributed by atoms with Crippen molar-refractivity contribution in [3.8, 4) is 11.4 Å². The number of carbonyl (C=O) groups excluding carboxylic acids is 1. The fraction of sp³-hybridized carbons (Fsp3) is 0.242. The van der Waals surface area contributed by atoms with Crippen LogP contribution in [0.15, 0.2) is 88.2 Å². The van der Waals surface area contributed by atoms with Gasteiger partial charge in [-0.05, 0) is 30.5 Å². The fourth-order valence-corrected chi connectivity index (χ4v) is 5.39. The number of aryl methyl sites for hydroxylation is 1. The summed E-state index contributed by atoms with van der Waals surface area (Å²) in [7, 11) is 0. The highest BCUT2D eigenvalue weighted by Crippen LogP contribution is 2.40. The van der Waals surface area contributed by atoms with E-state index in [1.165, 1.54) is 6.92 Å². The van der Waals surface area contributed by atoms with Gasteiger partial charge in [-0.3, -0.25) is 9.59 Å². The number of aromatic amines is 1. The third-order valence-electron chi connectivity index (χ3n) is 7.20. The van der Waals surface area contributed by atoms with E-state index in [-0.39, 0.29) is 23.2 Å². The quantitative estimate of drug-likeness (QED) is 0.210. The average Bonchev–Trinajstić information content (AvgIpc) is 3.41. The van der Waals surface area contributed by atoms with Crippen molar-refractivity contribution < 1.29 is 9.21 Å². The number of H-pyrrole nitrogens is 1. The van der Waals surface area contributed by atoms with Crippen LogP contribution in [0.2, 0.25) is 5.02 Å². The number of benzene rings is 3. The zero-order valence-electron chi connectivity index (χ0n) is 23.0. The Bertz CT molecular complexity index is 1710. The number of amides is 1. The maximum atomic E-state index is 14.0. The first-order chi connectivity index (χ1) is 19.2. The molecule has 204 valence electrons. The first-order valence-corrected chi connectivity index (χ1v) is 13.8. The molecule has 5 aromatic rings. The van der Waals surface area contributed by atoms with E-state index >= 15 is 0 Å². The van der Waals surface area contributed by atoms with Crippen molar-refractivity contribution in [3.05, 3.63) is 122 Å². The van der Waals surface area contributed by atoms with Crippen molar-refractivity contribution in [2.24, 2.45) is 5.92 Å². The van der Waals surface area contributed by atoms with Crippen LogP contribution in [0.25, 0.3) is 22.4 Å². The highest BCUT2D eigenvalue weighted by molar-refractivity contribution is 6.31. The van der Waals surface area contributed by atoms with Gasteiger partial charge in [0.15, 0.2) is 5.43 Å². The van der Waals surface area contributed by atoms with Crippen LogP contribution in [0, 0.1) is 12.8 Å². The van der Waals surface area contributed by atoms with Crippen molar-refractivity contribution in [3.63, 3.8) is 0 Å². The Morgan fingerprint density at radius 1 is 1.05 bits per heavy atom. The number of carbonyl (C=O) groups is 1. The van der Waals surface area contributed by atoms with Crippen molar-refractivity contribution in [2.45, 2.75) is 46.1 Å². The van der Waals surface area contributed by atoms with E-state index in [0.717, 1.165) is 22.4 Å². The second-order valence-corrected chi connectivity index (χ2v) is 11.0. The minimum absolute atomic E-state index is 0.0164. The van der Waals surface area contributed by atoms with Crippen molar-refractivity contribution in [1.29, 1.82) is 0 Å². The highest BCUT2D eigenvalue weighted by atomic mass is 35.5. The molecule has 0 saturated heterocycles. The fourth-order valence-electron chi connectivity index (χ4n) is 5.23. The van der Waals surface area contributed by atoms with Gasteiger partial charge in [0.05, 0.1) is 23.3 Å². The molecule has 2 unspecified atom stereocenters. The van der Waals surface area contributed by atoms with Crippen LogP contribution in [0.4, 0.5) is 0 Å². The Labute approximate surface area is 238 Å². The Morgan fingerprint density at radius 3 is 2.45 bits per heavy atom. The van der Waals surface area contributed by atoms with E-state index in [1.807, 2.05) is 61.5 Å². The van der Waals surface area contributed by atoms with Gasteiger partial charge in [-0.15, -0.1) is 0 Å². The molecule has 6 nitrogen and oxygen atoms in total. The SMILES string of the molecule is CC(=O)NC(c1cnc(-c2ccc(C)cc2)[nH]1)C(c1oc2cc(Cl)ccc2c(=O)c1Cc1ccccc1)C(C)C. The molecule has 0 aliphatic heterocycles. The van der Waals surface area contributed by atoms with Gasteiger partial charge in [-0.1, -0.05) is 85.6 Å². The summed E-state index contributed by atoms with van der Waals surface area (Å²) in [6, 6.07) is 22.5. The molecule has 40 heavy (non-hydrogen) atoms. The molecule has 3 aromatic carbocycles. The van der Waals surface area contributed by atoms with Crippen molar-refractivity contribution in [1.82, 2.24) is 15.3 Å². The van der Waals surface area contributed by atoms with Gasteiger partial charge in [0.2, 0.25) is 5.91 Å². The zero-order valence-corrected chi connectivity index (χ0v) is 23.8. The molecule has 0 spiro atoms. The second kappa shape index (κ2) is 11.5. The predicted octanol–water partition coefficient (Wildman–Crippen LogP) is 7.35. The molecule has 2 atom stereocenters. The third-order valence-corrected chi connectivity index (χ3v) is 7.43. The summed E-state index contributed by atoms with van der Waals surface area (Å²) < 4.78 is 6.57. The van der Waals surface area contributed by atoms with E-state index in [2.05, 4.69) is 29.1 Å². The Morgan fingerprint density at radius 2 is 1.77 bits per heavy atom. The van der Waals surface area contributed by atoms with Crippen LogP contribution in [0.5, 0.6) is 0 Å². The number of imidazole rings is 1. The van der Waals surface area contributed by atoms with Crippen LogP contribution < -0.4 is 10.7 Å².